The number of rotatable bonds is 3. The van der Waals surface area contributed by atoms with Gasteiger partial charge in [0.15, 0.2) is 5.84 Å². The molecule has 1 aromatic heterocycles. The van der Waals surface area contributed by atoms with Crippen molar-refractivity contribution >= 4 is 17.4 Å². The molecule has 1 fully saturated rings. The number of pyridine rings is 1. The molecule has 1 amide bonds. The fourth-order valence-electron chi connectivity index (χ4n) is 2.10. The van der Waals surface area contributed by atoms with Crippen molar-refractivity contribution in [3.8, 4) is 0 Å². The largest absolute Gasteiger partial charge is 0.409 e. The monoisotopic (exact) mass is 248 g/mol. The number of carbonyl (C=O) groups excluding carboxylic acids is 1. The lowest BCUT2D eigenvalue weighted by Gasteiger charge is -2.38. The maximum atomic E-state index is 12.2. The lowest BCUT2D eigenvalue weighted by Crippen LogP contribution is -2.51. The standard InChI is InChI=1S/C12H16N4O2/c1-8-5-9(7-14-6-8)15-11(17)12(3-2-4-12)10(13)16-18/h5-7,18H,2-4H2,1H3,(H2,13,16)(H,15,17). The molecule has 0 aliphatic heterocycles. The Morgan fingerprint density at radius 3 is 2.78 bits per heavy atom. The normalized spacial score (nSPS) is 17.9. The van der Waals surface area contributed by atoms with E-state index in [0.29, 0.717) is 18.5 Å². The summed E-state index contributed by atoms with van der Waals surface area (Å²) in [5.74, 6) is -0.261. The van der Waals surface area contributed by atoms with Crippen molar-refractivity contribution in [1.82, 2.24) is 4.98 Å². The Morgan fingerprint density at radius 2 is 2.28 bits per heavy atom. The molecule has 6 heteroatoms. The molecule has 0 spiro atoms. The number of nitrogens with two attached hydrogens (primary N) is 1. The van der Waals surface area contributed by atoms with Crippen LogP contribution in [0.2, 0.25) is 0 Å². The summed E-state index contributed by atoms with van der Waals surface area (Å²) in [4.78, 5) is 16.2. The van der Waals surface area contributed by atoms with Crippen molar-refractivity contribution in [2.75, 3.05) is 5.32 Å². The van der Waals surface area contributed by atoms with Crippen LogP contribution in [0.25, 0.3) is 0 Å². The average Bonchev–Trinajstić information content (AvgIpc) is 2.27. The predicted octanol–water partition coefficient (Wildman–Crippen LogP) is 1.25. The van der Waals surface area contributed by atoms with Gasteiger partial charge in [-0.2, -0.15) is 0 Å². The quantitative estimate of drug-likeness (QED) is 0.324. The van der Waals surface area contributed by atoms with Gasteiger partial charge in [0.05, 0.1) is 11.9 Å². The molecule has 2 rings (SSSR count). The number of aryl methyl sites for hydroxylation is 1. The smallest absolute Gasteiger partial charge is 0.238 e. The topological polar surface area (TPSA) is 101 Å². The zero-order valence-corrected chi connectivity index (χ0v) is 10.2. The van der Waals surface area contributed by atoms with E-state index in [1.54, 1.807) is 12.4 Å². The minimum atomic E-state index is -0.863. The molecule has 0 saturated heterocycles. The SMILES string of the molecule is Cc1cncc(NC(=O)C2(/C(N)=N/O)CCC2)c1. The number of hydrogen-bond acceptors (Lipinski definition) is 4. The van der Waals surface area contributed by atoms with Gasteiger partial charge in [0.2, 0.25) is 5.91 Å². The number of carbonyl (C=O) groups is 1. The number of nitrogens with zero attached hydrogens (tertiary/aromatic N) is 2. The average molecular weight is 248 g/mol. The molecular formula is C12H16N4O2. The van der Waals surface area contributed by atoms with E-state index >= 15 is 0 Å². The van der Waals surface area contributed by atoms with E-state index in [9.17, 15) is 4.79 Å². The molecule has 1 aliphatic carbocycles. The Labute approximate surface area is 105 Å². The van der Waals surface area contributed by atoms with E-state index in [0.717, 1.165) is 12.0 Å². The molecule has 6 nitrogen and oxygen atoms in total. The van der Waals surface area contributed by atoms with Gasteiger partial charge in [-0.1, -0.05) is 11.6 Å². The second-order valence-corrected chi connectivity index (χ2v) is 4.63. The first kappa shape index (κ1) is 12.3. The zero-order valence-electron chi connectivity index (χ0n) is 10.2. The summed E-state index contributed by atoms with van der Waals surface area (Å²) in [5, 5.41) is 14.5. The van der Waals surface area contributed by atoms with Crippen LogP contribution in [0.1, 0.15) is 24.8 Å². The number of amidine groups is 1. The summed E-state index contributed by atoms with van der Waals surface area (Å²) in [6.07, 6.45) is 5.39. The molecule has 1 saturated carbocycles. The molecule has 0 radical (unpaired) electrons. The molecule has 96 valence electrons. The van der Waals surface area contributed by atoms with Crippen LogP contribution >= 0.6 is 0 Å². The van der Waals surface area contributed by atoms with Gasteiger partial charge < -0.3 is 16.3 Å². The number of oxime groups is 1. The van der Waals surface area contributed by atoms with E-state index in [1.807, 2.05) is 13.0 Å². The minimum Gasteiger partial charge on any atom is -0.409 e. The Morgan fingerprint density at radius 1 is 1.56 bits per heavy atom. The highest BCUT2D eigenvalue weighted by molar-refractivity contribution is 6.12. The zero-order chi connectivity index (χ0) is 13.2. The predicted molar refractivity (Wildman–Crippen MR) is 67.3 cm³/mol. The van der Waals surface area contributed by atoms with Crippen molar-refractivity contribution in [1.29, 1.82) is 0 Å². The Kier molecular flexibility index (Phi) is 3.18. The van der Waals surface area contributed by atoms with Crippen molar-refractivity contribution in [3.05, 3.63) is 24.0 Å². The lowest BCUT2D eigenvalue weighted by atomic mass is 9.67. The van der Waals surface area contributed by atoms with Crippen LogP contribution in [0, 0.1) is 12.3 Å². The molecule has 18 heavy (non-hydrogen) atoms. The first-order valence-electron chi connectivity index (χ1n) is 5.79. The van der Waals surface area contributed by atoms with Crippen LogP contribution in [0.4, 0.5) is 5.69 Å². The highest BCUT2D eigenvalue weighted by Crippen LogP contribution is 2.42. The van der Waals surface area contributed by atoms with Gasteiger partial charge in [-0.3, -0.25) is 9.78 Å². The summed E-state index contributed by atoms with van der Waals surface area (Å²) in [6, 6.07) is 1.82. The lowest BCUT2D eigenvalue weighted by molar-refractivity contribution is -0.125. The van der Waals surface area contributed by atoms with Crippen molar-refractivity contribution in [2.24, 2.45) is 16.3 Å². The van der Waals surface area contributed by atoms with E-state index in [2.05, 4.69) is 15.5 Å². The summed E-state index contributed by atoms with van der Waals surface area (Å²) in [5.41, 5.74) is 6.34. The summed E-state index contributed by atoms with van der Waals surface area (Å²) in [7, 11) is 0. The Balaban J connectivity index is 2.17. The van der Waals surface area contributed by atoms with Gasteiger partial charge in [-0.05, 0) is 31.4 Å². The number of anilines is 1. The number of amides is 1. The van der Waals surface area contributed by atoms with E-state index < -0.39 is 5.41 Å². The van der Waals surface area contributed by atoms with E-state index in [-0.39, 0.29) is 11.7 Å². The Bertz CT molecular complexity index is 495. The third-order valence-corrected chi connectivity index (χ3v) is 3.37. The number of nitrogens with one attached hydrogen (secondary N) is 1. The molecule has 4 N–H and O–H groups in total. The molecule has 0 unspecified atom stereocenters. The van der Waals surface area contributed by atoms with E-state index in [1.165, 1.54) is 0 Å². The highest BCUT2D eigenvalue weighted by atomic mass is 16.4. The Hall–Kier alpha value is -2.11. The van der Waals surface area contributed by atoms with Gasteiger partial charge in [0, 0.05) is 6.20 Å². The van der Waals surface area contributed by atoms with Crippen molar-refractivity contribution in [3.63, 3.8) is 0 Å². The second-order valence-electron chi connectivity index (χ2n) is 4.63. The van der Waals surface area contributed by atoms with Gasteiger partial charge in [0.25, 0.3) is 0 Å². The fourth-order valence-corrected chi connectivity index (χ4v) is 2.10. The van der Waals surface area contributed by atoms with Crippen LogP contribution in [0.3, 0.4) is 0 Å². The molecular weight excluding hydrogens is 232 g/mol. The molecule has 0 atom stereocenters. The van der Waals surface area contributed by atoms with Crippen LogP contribution in [0.5, 0.6) is 0 Å². The maximum Gasteiger partial charge on any atom is 0.238 e. The third-order valence-electron chi connectivity index (χ3n) is 3.37. The van der Waals surface area contributed by atoms with Gasteiger partial charge in [-0.15, -0.1) is 0 Å². The second kappa shape index (κ2) is 4.64. The first-order valence-corrected chi connectivity index (χ1v) is 5.79. The van der Waals surface area contributed by atoms with Crippen LogP contribution in [-0.2, 0) is 4.79 Å². The summed E-state index contributed by atoms with van der Waals surface area (Å²) >= 11 is 0. The van der Waals surface area contributed by atoms with Gasteiger partial charge in [-0.25, -0.2) is 0 Å². The number of aromatic nitrogens is 1. The molecule has 0 aromatic carbocycles. The van der Waals surface area contributed by atoms with Crippen molar-refractivity contribution in [2.45, 2.75) is 26.2 Å². The summed E-state index contributed by atoms with van der Waals surface area (Å²) in [6.45, 7) is 1.89. The highest BCUT2D eigenvalue weighted by Gasteiger charge is 2.48. The minimum absolute atomic E-state index is 0.0214. The van der Waals surface area contributed by atoms with Crippen LogP contribution in [-0.4, -0.2) is 21.9 Å². The van der Waals surface area contributed by atoms with Gasteiger partial charge >= 0.3 is 0 Å². The molecule has 1 aliphatic rings. The van der Waals surface area contributed by atoms with Crippen molar-refractivity contribution < 1.29 is 10.0 Å². The number of hydrogen-bond donors (Lipinski definition) is 3. The third kappa shape index (κ3) is 2.01. The fraction of sp³-hybridized carbons (Fsp3) is 0.417. The maximum absolute atomic E-state index is 12.2. The van der Waals surface area contributed by atoms with Crippen LogP contribution in [0.15, 0.2) is 23.6 Å². The molecule has 0 bridgehead atoms. The summed E-state index contributed by atoms with van der Waals surface area (Å²) < 4.78 is 0. The van der Waals surface area contributed by atoms with E-state index in [4.69, 9.17) is 10.9 Å². The molecule has 1 heterocycles. The molecule has 1 aromatic rings. The van der Waals surface area contributed by atoms with Crippen LogP contribution < -0.4 is 11.1 Å². The first-order chi connectivity index (χ1) is 8.58. The van der Waals surface area contributed by atoms with Gasteiger partial charge in [0.1, 0.15) is 5.41 Å².